The minimum Gasteiger partial charge on any atom is -0.351 e. The van der Waals surface area contributed by atoms with Gasteiger partial charge in [-0.25, -0.2) is 0 Å². The maximum absolute atomic E-state index is 11.4. The lowest BCUT2D eigenvalue weighted by atomic mass is 10.2. The van der Waals surface area contributed by atoms with Gasteiger partial charge >= 0.3 is 0 Å². The van der Waals surface area contributed by atoms with E-state index in [1.165, 1.54) is 0 Å². The summed E-state index contributed by atoms with van der Waals surface area (Å²) in [6, 6.07) is 0.207. The molecule has 0 radical (unpaired) electrons. The lowest BCUT2D eigenvalue weighted by Gasteiger charge is -2.25. The van der Waals surface area contributed by atoms with Crippen LogP contribution < -0.4 is 5.32 Å². The number of carbonyl (C=O) groups excluding carboxylic acids is 1. The van der Waals surface area contributed by atoms with Crippen molar-refractivity contribution in [3.63, 3.8) is 0 Å². The van der Waals surface area contributed by atoms with Gasteiger partial charge in [0, 0.05) is 12.6 Å². The Balaban J connectivity index is 4.07. The second-order valence-electron chi connectivity index (χ2n) is 3.72. The zero-order valence-corrected chi connectivity index (χ0v) is 11.0. The topological polar surface area (TPSA) is 32.3 Å². The van der Waals surface area contributed by atoms with Crippen molar-refractivity contribution in [2.24, 2.45) is 0 Å². The molecule has 2 atom stereocenters. The number of hydrogen-bond acceptors (Lipinski definition) is 2. The van der Waals surface area contributed by atoms with Crippen LogP contribution in [0.3, 0.4) is 0 Å². The minimum atomic E-state index is -0.448. The molecule has 2 unspecified atom stereocenters. The van der Waals surface area contributed by atoms with Gasteiger partial charge in [-0.1, -0.05) is 20.8 Å². The highest BCUT2D eigenvalue weighted by Gasteiger charge is 2.15. The van der Waals surface area contributed by atoms with Crippen molar-refractivity contribution >= 4 is 17.5 Å². The summed E-state index contributed by atoms with van der Waals surface area (Å²) < 4.78 is 0. The fourth-order valence-corrected chi connectivity index (χ4v) is 1.45. The second-order valence-corrected chi connectivity index (χ2v) is 4.37. The molecule has 0 saturated heterocycles. The van der Waals surface area contributed by atoms with E-state index >= 15 is 0 Å². The average Bonchev–Trinajstić information content (AvgIpc) is 2.23. The highest BCUT2D eigenvalue weighted by molar-refractivity contribution is 6.30. The molecule has 3 nitrogen and oxygen atoms in total. The first-order chi connectivity index (χ1) is 7.04. The molecule has 0 aliphatic rings. The van der Waals surface area contributed by atoms with Gasteiger partial charge in [-0.3, -0.25) is 4.79 Å². The first-order valence-corrected chi connectivity index (χ1v) is 6.15. The molecule has 0 aliphatic heterocycles. The Morgan fingerprint density at radius 2 is 1.87 bits per heavy atom. The fraction of sp³-hybridized carbons (Fsp3) is 0.909. The van der Waals surface area contributed by atoms with Gasteiger partial charge in [0.2, 0.25) is 5.91 Å². The molecule has 0 fully saturated rings. The zero-order chi connectivity index (χ0) is 11.8. The smallest absolute Gasteiger partial charge is 0.238 e. The summed E-state index contributed by atoms with van der Waals surface area (Å²) >= 11 is 5.71. The van der Waals surface area contributed by atoms with Crippen LogP contribution in [0.5, 0.6) is 0 Å². The molecule has 1 N–H and O–H groups in total. The van der Waals surface area contributed by atoms with E-state index in [2.05, 4.69) is 31.0 Å². The summed E-state index contributed by atoms with van der Waals surface area (Å²) in [5.74, 6) is -0.0735. The van der Waals surface area contributed by atoms with E-state index in [1.54, 1.807) is 6.92 Å². The Hall–Kier alpha value is -0.280. The van der Waals surface area contributed by atoms with Crippen molar-refractivity contribution in [2.45, 2.75) is 45.5 Å². The van der Waals surface area contributed by atoms with Crippen LogP contribution in [-0.2, 0) is 4.79 Å². The van der Waals surface area contributed by atoms with Crippen LogP contribution in [0.4, 0.5) is 0 Å². The van der Waals surface area contributed by atoms with Crippen molar-refractivity contribution in [1.29, 1.82) is 0 Å². The molecule has 0 aromatic rings. The number of amides is 1. The summed E-state index contributed by atoms with van der Waals surface area (Å²) in [4.78, 5) is 13.7. The van der Waals surface area contributed by atoms with Gasteiger partial charge in [-0.2, -0.15) is 0 Å². The van der Waals surface area contributed by atoms with Gasteiger partial charge in [0.15, 0.2) is 0 Å². The maximum Gasteiger partial charge on any atom is 0.238 e. The molecule has 4 heteroatoms. The van der Waals surface area contributed by atoms with E-state index in [9.17, 15) is 4.79 Å². The predicted octanol–water partition coefficient (Wildman–Crippen LogP) is 1.85. The molecule has 90 valence electrons. The molecular weight excluding hydrogens is 212 g/mol. The number of hydrogen-bond donors (Lipinski definition) is 1. The van der Waals surface area contributed by atoms with E-state index in [1.807, 2.05) is 0 Å². The van der Waals surface area contributed by atoms with Gasteiger partial charge in [0.05, 0.1) is 0 Å². The van der Waals surface area contributed by atoms with Crippen molar-refractivity contribution in [3.05, 3.63) is 0 Å². The Labute approximate surface area is 98.2 Å². The quantitative estimate of drug-likeness (QED) is 0.682. The molecule has 1 amide bonds. The molecule has 15 heavy (non-hydrogen) atoms. The normalized spacial score (nSPS) is 15.1. The van der Waals surface area contributed by atoms with Crippen molar-refractivity contribution in [3.8, 4) is 0 Å². The number of alkyl halides is 1. The standard InChI is InChI=1S/C11H23ClN2O/c1-5-10(8-14(6-2)7-3)13-11(15)9(4)12/h9-10H,5-8H2,1-4H3,(H,13,15). The maximum atomic E-state index is 11.4. The average molecular weight is 235 g/mol. The Bertz CT molecular complexity index is 181. The largest absolute Gasteiger partial charge is 0.351 e. The van der Waals surface area contributed by atoms with Crippen LogP contribution in [0.2, 0.25) is 0 Å². The number of carbonyl (C=O) groups is 1. The van der Waals surface area contributed by atoms with Crippen molar-refractivity contribution in [2.75, 3.05) is 19.6 Å². The third-order valence-corrected chi connectivity index (χ3v) is 2.77. The predicted molar refractivity (Wildman–Crippen MR) is 65.3 cm³/mol. The summed E-state index contributed by atoms with van der Waals surface area (Å²) in [5.41, 5.74) is 0. The van der Waals surface area contributed by atoms with Gasteiger partial charge in [-0.05, 0) is 26.4 Å². The fourth-order valence-electron chi connectivity index (χ4n) is 1.39. The van der Waals surface area contributed by atoms with E-state index in [-0.39, 0.29) is 11.9 Å². The molecule has 0 aromatic carbocycles. The second kappa shape index (κ2) is 7.94. The van der Waals surface area contributed by atoms with Gasteiger partial charge in [0.25, 0.3) is 0 Å². The molecule has 0 rings (SSSR count). The molecular formula is C11H23ClN2O. The Morgan fingerprint density at radius 1 is 1.33 bits per heavy atom. The van der Waals surface area contributed by atoms with Crippen molar-refractivity contribution in [1.82, 2.24) is 10.2 Å². The number of nitrogens with zero attached hydrogens (tertiary/aromatic N) is 1. The summed E-state index contributed by atoms with van der Waals surface area (Å²) in [7, 11) is 0. The van der Waals surface area contributed by atoms with E-state index in [4.69, 9.17) is 11.6 Å². The van der Waals surface area contributed by atoms with Crippen LogP contribution in [0, 0.1) is 0 Å². The zero-order valence-electron chi connectivity index (χ0n) is 10.2. The Kier molecular flexibility index (Phi) is 7.79. The highest BCUT2D eigenvalue weighted by atomic mass is 35.5. The summed E-state index contributed by atoms with van der Waals surface area (Å²) in [6.45, 7) is 11.0. The lowest BCUT2D eigenvalue weighted by Crippen LogP contribution is -2.45. The van der Waals surface area contributed by atoms with Gasteiger partial charge < -0.3 is 10.2 Å². The molecule has 0 aromatic heterocycles. The SMILES string of the molecule is CCC(CN(CC)CC)NC(=O)C(C)Cl. The Morgan fingerprint density at radius 3 is 2.20 bits per heavy atom. The third-order valence-electron chi connectivity index (χ3n) is 2.57. The number of halogens is 1. The first-order valence-electron chi connectivity index (χ1n) is 5.71. The van der Waals surface area contributed by atoms with E-state index in [0.717, 1.165) is 26.1 Å². The first kappa shape index (κ1) is 14.7. The van der Waals surface area contributed by atoms with Gasteiger partial charge in [-0.15, -0.1) is 11.6 Å². The number of rotatable bonds is 7. The molecule has 0 heterocycles. The molecule has 0 saturated carbocycles. The summed E-state index contributed by atoms with van der Waals surface area (Å²) in [5, 5.41) is 2.50. The molecule has 0 bridgehead atoms. The van der Waals surface area contributed by atoms with Gasteiger partial charge in [0.1, 0.15) is 5.38 Å². The van der Waals surface area contributed by atoms with Crippen LogP contribution in [-0.4, -0.2) is 41.9 Å². The van der Waals surface area contributed by atoms with Crippen LogP contribution >= 0.6 is 11.6 Å². The minimum absolute atomic E-state index is 0.0735. The third kappa shape index (κ3) is 6.00. The monoisotopic (exact) mass is 234 g/mol. The van der Waals surface area contributed by atoms with Crippen LogP contribution in [0.15, 0.2) is 0 Å². The summed E-state index contributed by atoms with van der Waals surface area (Å²) in [6.07, 6.45) is 0.936. The molecule has 0 spiro atoms. The van der Waals surface area contributed by atoms with E-state index in [0.29, 0.717) is 0 Å². The highest BCUT2D eigenvalue weighted by Crippen LogP contribution is 2.00. The molecule has 0 aliphatic carbocycles. The lowest BCUT2D eigenvalue weighted by molar-refractivity contribution is -0.121. The number of nitrogens with one attached hydrogen (secondary N) is 1. The van der Waals surface area contributed by atoms with E-state index < -0.39 is 5.38 Å². The van der Waals surface area contributed by atoms with Crippen molar-refractivity contribution < 1.29 is 4.79 Å². The van der Waals surface area contributed by atoms with Crippen LogP contribution in [0.1, 0.15) is 34.1 Å². The number of likely N-dealkylation sites (N-methyl/N-ethyl adjacent to an activating group) is 1. The van der Waals surface area contributed by atoms with Crippen LogP contribution in [0.25, 0.3) is 0 Å².